The maximum Gasteiger partial charge on any atom is 0.335 e. The lowest BCUT2D eigenvalue weighted by Gasteiger charge is -2.40. The first-order valence-electron chi connectivity index (χ1n) is 32.5. The van der Waals surface area contributed by atoms with Gasteiger partial charge in [-0.15, -0.1) is 0 Å². The average molecular weight is 1160 g/mol. The quantitative estimate of drug-likeness (QED) is 0.0228. The first-order valence-corrected chi connectivity index (χ1v) is 32.5. The highest BCUT2D eigenvalue weighted by molar-refractivity contribution is 5.74. The number of ether oxygens (including phenoxy) is 5. The van der Waals surface area contributed by atoms with Gasteiger partial charge in [0.15, 0.2) is 24.6 Å². The van der Waals surface area contributed by atoms with Crippen LogP contribution >= 0.6 is 0 Å². The summed E-state index contributed by atoms with van der Waals surface area (Å²) in [4.78, 5) is 51.3. The lowest BCUT2D eigenvalue weighted by Crippen LogP contribution is -2.61. The third-order valence-corrected chi connectivity index (χ3v) is 14.0. The van der Waals surface area contributed by atoms with Gasteiger partial charge in [-0.1, -0.05) is 232 Å². The lowest BCUT2D eigenvalue weighted by molar-refractivity contribution is -0.301. The van der Waals surface area contributed by atoms with Crippen LogP contribution < -0.4 is 0 Å². The first-order chi connectivity index (χ1) is 40.6. The molecule has 1 aliphatic heterocycles. The van der Waals surface area contributed by atoms with E-state index in [1.54, 1.807) is 0 Å². The van der Waals surface area contributed by atoms with Crippen LogP contribution in [-0.4, -0.2) is 89.2 Å². The number of hydrogen-bond donors (Lipinski definition) is 3. The van der Waals surface area contributed by atoms with Crippen LogP contribution in [0, 0.1) is 0 Å². The Labute approximate surface area is 503 Å². The number of carboxylic acids is 1. The van der Waals surface area contributed by atoms with Gasteiger partial charge in [0.05, 0.1) is 6.61 Å². The Morgan fingerprint density at radius 1 is 0.410 bits per heavy atom. The normalized spacial score (nSPS) is 18.4. The van der Waals surface area contributed by atoms with Gasteiger partial charge in [0, 0.05) is 19.3 Å². The fraction of sp³-hybridized carbons (Fsp3) is 0.662. The second kappa shape index (κ2) is 57.5. The summed E-state index contributed by atoms with van der Waals surface area (Å²) in [5, 5.41) is 31.6. The number of aliphatic hydroxyl groups is 2. The fourth-order valence-electron chi connectivity index (χ4n) is 9.10. The molecule has 3 N–H and O–H groups in total. The minimum absolute atomic E-state index is 0.0249. The molecule has 0 aliphatic carbocycles. The van der Waals surface area contributed by atoms with Crippen LogP contribution in [0.5, 0.6) is 0 Å². The molecule has 0 aromatic heterocycles. The summed E-state index contributed by atoms with van der Waals surface area (Å²) in [6, 6.07) is 0. The summed E-state index contributed by atoms with van der Waals surface area (Å²) < 4.78 is 28.5. The maximum atomic E-state index is 13.2. The molecule has 12 nitrogen and oxygen atoms in total. The molecule has 470 valence electrons. The van der Waals surface area contributed by atoms with Gasteiger partial charge in [-0.05, 0) is 122 Å². The number of rotatable bonds is 54. The summed E-state index contributed by atoms with van der Waals surface area (Å²) in [7, 11) is 0. The monoisotopic (exact) mass is 1160 g/mol. The fourth-order valence-corrected chi connectivity index (χ4v) is 9.10. The molecule has 0 bridgehead atoms. The SMILES string of the molecule is CC/C=C\C/C=C\C/C=C\C/C=C\C/C=C\CCCC(=O)OC1C(OCC(COC(=O)CCCCCCCCCCC/C=C\C/C=C\CCCCC)OC(=O)CCCCCCCCC/C=C\C/C=C\C/C=C\CC)OC(C(=O)O)C(O)C1O. The van der Waals surface area contributed by atoms with Gasteiger partial charge in [-0.3, -0.25) is 14.4 Å². The number of unbranched alkanes of at least 4 members (excludes halogenated alkanes) is 20. The second-order valence-electron chi connectivity index (χ2n) is 21.6. The lowest BCUT2D eigenvalue weighted by atomic mass is 9.98. The molecule has 0 aromatic rings. The Morgan fingerprint density at radius 2 is 0.771 bits per heavy atom. The van der Waals surface area contributed by atoms with Gasteiger partial charge >= 0.3 is 23.9 Å². The van der Waals surface area contributed by atoms with Crippen molar-refractivity contribution in [3.63, 3.8) is 0 Å². The predicted octanol–water partition coefficient (Wildman–Crippen LogP) is 17.6. The van der Waals surface area contributed by atoms with Crippen LogP contribution in [0.2, 0.25) is 0 Å². The van der Waals surface area contributed by atoms with E-state index in [4.69, 9.17) is 23.7 Å². The Kier molecular flexibility index (Phi) is 52.8. The summed E-state index contributed by atoms with van der Waals surface area (Å²) in [5.74, 6) is -3.22. The average Bonchev–Trinajstić information content (AvgIpc) is 3.55. The first kappa shape index (κ1) is 76.1. The van der Waals surface area contributed by atoms with Crippen LogP contribution in [-0.2, 0) is 42.9 Å². The number of allylic oxidation sites excluding steroid dienone is 20. The van der Waals surface area contributed by atoms with Crippen molar-refractivity contribution in [3.8, 4) is 0 Å². The molecular weight excluding hydrogens is 1040 g/mol. The van der Waals surface area contributed by atoms with E-state index in [9.17, 15) is 34.5 Å². The highest BCUT2D eigenvalue weighted by Crippen LogP contribution is 2.26. The summed E-state index contributed by atoms with van der Waals surface area (Å²) in [6.07, 6.45) is 67.3. The Morgan fingerprint density at radius 3 is 1.19 bits per heavy atom. The van der Waals surface area contributed by atoms with Crippen LogP contribution in [0.15, 0.2) is 122 Å². The van der Waals surface area contributed by atoms with E-state index >= 15 is 0 Å². The van der Waals surface area contributed by atoms with Gasteiger partial charge < -0.3 is 39.0 Å². The molecule has 12 heteroatoms. The highest BCUT2D eigenvalue weighted by Gasteiger charge is 2.50. The minimum Gasteiger partial charge on any atom is -0.479 e. The third-order valence-electron chi connectivity index (χ3n) is 14.0. The summed E-state index contributed by atoms with van der Waals surface area (Å²) in [6.45, 7) is 5.72. The van der Waals surface area contributed by atoms with Crippen molar-refractivity contribution in [2.45, 2.75) is 289 Å². The van der Waals surface area contributed by atoms with E-state index in [1.165, 1.54) is 57.8 Å². The topological polar surface area (TPSA) is 175 Å². The van der Waals surface area contributed by atoms with Crippen molar-refractivity contribution in [1.82, 2.24) is 0 Å². The standard InChI is InChI=1S/C71H114O12/c1-4-7-10-13-16-19-22-25-28-31-32-35-36-39-42-45-48-51-54-57-63(72)79-60-62(81-64(73)58-55-52-49-46-43-40-37-33-29-26-23-20-17-14-11-8-5-2)61-80-71-69(67(76)66(75)68(83-71)70(77)78)82-65(74)59-56-53-50-47-44-41-38-34-30-27-24-21-18-15-12-9-6-3/h8-9,11-12,16-21,25-30,38,41,47,50,62,66-69,71,75-76H,4-7,10,13-15,22-24,31-37,39-40,42-46,48-49,51-61H2,1-3H3,(H,77,78)/b11-8-,12-9-,19-16-,20-17-,21-18-,28-25-,29-26-,30-27-,41-38-,50-47-. The molecule has 1 fully saturated rings. The minimum atomic E-state index is -1.93. The molecule has 1 aliphatic rings. The van der Waals surface area contributed by atoms with E-state index in [0.29, 0.717) is 25.7 Å². The number of carboxylic acid groups (broad SMARTS) is 1. The molecule has 0 aromatic carbocycles. The van der Waals surface area contributed by atoms with Crippen LogP contribution in [0.1, 0.15) is 252 Å². The smallest absolute Gasteiger partial charge is 0.335 e. The molecule has 1 heterocycles. The molecule has 0 radical (unpaired) electrons. The molecule has 1 saturated heterocycles. The Balaban J connectivity index is 2.70. The van der Waals surface area contributed by atoms with Gasteiger partial charge in [0.25, 0.3) is 0 Å². The number of esters is 3. The van der Waals surface area contributed by atoms with Crippen molar-refractivity contribution < 1.29 is 58.2 Å². The molecule has 6 atom stereocenters. The number of hydrogen-bond acceptors (Lipinski definition) is 11. The van der Waals surface area contributed by atoms with Gasteiger partial charge in [-0.2, -0.15) is 0 Å². The highest BCUT2D eigenvalue weighted by atomic mass is 16.7. The third kappa shape index (κ3) is 47.1. The number of aliphatic hydroxyl groups excluding tert-OH is 2. The van der Waals surface area contributed by atoms with Crippen molar-refractivity contribution >= 4 is 23.9 Å². The second-order valence-corrected chi connectivity index (χ2v) is 21.6. The molecule has 0 saturated carbocycles. The van der Waals surface area contributed by atoms with Crippen LogP contribution in [0.4, 0.5) is 0 Å². The van der Waals surface area contributed by atoms with Gasteiger partial charge in [0.2, 0.25) is 0 Å². The molecule has 0 amide bonds. The Hall–Kier alpha value is -4.88. The number of carbonyl (C=O) groups is 4. The van der Waals surface area contributed by atoms with E-state index in [0.717, 1.165) is 128 Å². The van der Waals surface area contributed by atoms with Gasteiger partial charge in [0.1, 0.15) is 18.8 Å². The van der Waals surface area contributed by atoms with E-state index in [2.05, 4.69) is 130 Å². The molecular formula is C71H114O12. The van der Waals surface area contributed by atoms with E-state index < -0.39 is 67.3 Å². The Bertz CT molecular complexity index is 1900. The van der Waals surface area contributed by atoms with E-state index in [-0.39, 0.29) is 25.9 Å². The zero-order chi connectivity index (χ0) is 60.3. The van der Waals surface area contributed by atoms with Crippen molar-refractivity contribution in [1.29, 1.82) is 0 Å². The molecule has 1 rings (SSSR count). The van der Waals surface area contributed by atoms with Crippen molar-refractivity contribution in [3.05, 3.63) is 122 Å². The summed E-state index contributed by atoms with van der Waals surface area (Å²) in [5.41, 5.74) is 0. The zero-order valence-corrected chi connectivity index (χ0v) is 51.9. The molecule has 83 heavy (non-hydrogen) atoms. The van der Waals surface area contributed by atoms with Crippen molar-refractivity contribution in [2.75, 3.05) is 13.2 Å². The molecule has 0 spiro atoms. The maximum absolute atomic E-state index is 13.2. The summed E-state index contributed by atoms with van der Waals surface area (Å²) >= 11 is 0. The van der Waals surface area contributed by atoms with E-state index in [1.807, 2.05) is 12.2 Å². The van der Waals surface area contributed by atoms with Crippen molar-refractivity contribution in [2.24, 2.45) is 0 Å². The molecule has 6 unspecified atom stereocenters. The predicted molar refractivity (Wildman–Crippen MR) is 340 cm³/mol. The zero-order valence-electron chi connectivity index (χ0n) is 51.9. The number of carbonyl (C=O) groups excluding carboxylic acids is 3. The van der Waals surface area contributed by atoms with Crippen LogP contribution in [0.25, 0.3) is 0 Å². The van der Waals surface area contributed by atoms with Crippen LogP contribution in [0.3, 0.4) is 0 Å². The number of aliphatic carboxylic acids is 1. The van der Waals surface area contributed by atoms with Gasteiger partial charge in [-0.25, -0.2) is 4.79 Å². The largest absolute Gasteiger partial charge is 0.479 e.